The molecule has 0 amide bonds. The van der Waals surface area contributed by atoms with Crippen molar-refractivity contribution in [1.29, 1.82) is 0 Å². The van der Waals surface area contributed by atoms with E-state index < -0.39 is 0 Å². The Kier molecular flexibility index (Phi) is 6.87. The lowest BCUT2D eigenvalue weighted by atomic mass is 9.93. The van der Waals surface area contributed by atoms with Crippen molar-refractivity contribution < 1.29 is 0 Å². The fraction of sp³-hybridized carbons (Fsp3) is 0.667. The van der Waals surface area contributed by atoms with Gasteiger partial charge < -0.3 is 5.32 Å². The normalized spacial score (nSPS) is 12.9. The second-order valence-electron chi connectivity index (χ2n) is 4.68. The van der Waals surface area contributed by atoms with Gasteiger partial charge in [0.15, 0.2) is 0 Å². The second-order valence-corrected chi connectivity index (χ2v) is 4.68. The van der Waals surface area contributed by atoms with Crippen molar-refractivity contribution >= 4 is 0 Å². The summed E-state index contributed by atoms with van der Waals surface area (Å²) in [4.78, 5) is 4.49. The molecule has 1 aromatic heterocycles. The molecular formula is C15H26N2. The quantitative estimate of drug-likeness (QED) is 0.736. The first-order valence-electron chi connectivity index (χ1n) is 6.96. The third kappa shape index (κ3) is 4.86. The van der Waals surface area contributed by atoms with Gasteiger partial charge in [-0.15, -0.1) is 0 Å². The highest BCUT2D eigenvalue weighted by atomic mass is 14.9. The Hall–Kier alpha value is -0.890. The molecule has 2 nitrogen and oxygen atoms in total. The van der Waals surface area contributed by atoms with E-state index in [2.05, 4.69) is 43.2 Å². The summed E-state index contributed by atoms with van der Waals surface area (Å²) in [6.07, 6.45) is 6.78. The molecule has 0 saturated heterocycles. The fourth-order valence-corrected chi connectivity index (χ4v) is 2.16. The monoisotopic (exact) mass is 234 g/mol. The van der Waals surface area contributed by atoms with Gasteiger partial charge in [-0.3, -0.25) is 4.98 Å². The van der Waals surface area contributed by atoms with Gasteiger partial charge in [0.05, 0.1) is 5.69 Å². The zero-order chi connectivity index (χ0) is 12.5. The highest BCUT2D eigenvalue weighted by molar-refractivity contribution is 5.08. The number of nitrogens with one attached hydrogen (secondary N) is 1. The first-order chi connectivity index (χ1) is 8.31. The molecule has 0 aliphatic carbocycles. The van der Waals surface area contributed by atoms with Crippen molar-refractivity contribution in [3.05, 3.63) is 30.1 Å². The number of pyridine rings is 1. The Morgan fingerprint density at radius 2 is 1.94 bits per heavy atom. The topological polar surface area (TPSA) is 24.9 Å². The number of hydrogen-bond donors (Lipinski definition) is 1. The molecule has 17 heavy (non-hydrogen) atoms. The molecule has 96 valence electrons. The van der Waals surface area contributed by atoms with E-state index in [9.17, 15) is 0 Å². The largest absolute Gasteiger partial charge is 0.309 e. The Morgan fingerprint density at radius 1 is 1.18 bits per heavy atom. The highest BCUT2D eigenvalue weighted by Crippen LogP contribution is 2.23. The zero-order valence-corrected chi connectivity index (χ0v) is 11.4. The minimum absolute atomic E-state index is 0.418. The van der Waals surface area contributed by atoms with Crippen LogP contribution in [0.2, 0.25) is 0 Å². The van der Waals surface area contributed by atoms with Gasteiger partial charge in [-0.1, -0.05) is 39.7 Å². The molecule has 0 spiro atoms. The molecule has 2 heteroatoms. The molecule has 1 aromatic rings. The van der Waals surface area contributed by atoms with Gasteiger partial charge >= 0.3 is 0 Å². The van der Waals surface area contributed by atoms with Crippen LogP contribution >= 0.6 is 0 Å². The van der Waals surface area contributed by atoms with E-state index in [1.54, 1.807) is 0 Å². The molecule has 1 unspecified atom stereocenters. The van der Waals surface area contributed by atoms with E-state index in [1.807, 2.05) is 12.3 Å². The van der Waals surface area contributed by atoms with Crippen molar-refractivity contribution in [2.24, 2.45) is 5.92 Å². The van der Waals surface area contributed by atoms with Crippen molar-refractivity contribution in [2.75, 3.05) is 6.54 Å². The van der Waals surface area contributed by atoms with E-state index in [0.29, 0.717) is 6.04 Å². The van der Waals surface area contributed by atoms with Crippen LogP contribution in [-0.4, -0.2) is 11.5 Å². The van der Waals surface area contributed by atoms with Crippen LogP contribution in [0.25, 0.3) is 0 Å². The first kappa shape index (κ1) is 14.2. The summed E-state index contributed by atoms with van der Waals surface area (Å²) in [6, 6.07) is 6.62. The standard InChI is InChI=1S/C15H26N2/c1-4-10-16-15(12-13(5-2)6-3)14-9-7-8-11-17-14/h7-9,11,13,15-16H,4-6,10,12H2,1-3H3. The number of aromatic nitrogens is 1. The van der Waals surface area contributed by atoms with Gasteiger partial charge in [0, 0.05) is 12.2 Å². The number of hydrogen-bond acceptors (Lipinski definition) is 2. The molecule has 0 radical (unpaired) electrons. The second kappa shape index (κ2) is 8.24. The smallest absolute Gasteiger partial charge is 0.0573 e. The summed E-state index contributed by atoms with van der Waals surface area (Å²) in [5.74, 6) is 0.798. The Morgan fingerprint density at radius 3 is 2.47 bits per heavy atom. The Bertz CT molecular complexity index is 280. The van der Waals surface area contributed by atoms with Gasteiger partial charge in [0.25, 0.3) is 0 Å². The predicted octanol–water partition coefficient (Wildman–Crippen LogP) is 3.95. The molecule has 0 bridgehead atoms. The fourth-order valence-electron chi connectivity index (χ4n) is 2.16. The molecule has 0 fully saturated rings. The van der Waals surface area contributed by atoms with Crippen LogP contribution in [0.3, 0.4) is 0 Å². The predicted molar refractivity (Wildman–Crippen MR) is 74.0 cm³/mol. The van der Waals surface area contributed by atoms with Gasteiger partial charge in [-0.2, -0.15) is 0 Å². The molecule has 1 atom stereocenters. The molecule has 1 rings (SSSR count). The van der Waals surface area contributed by atoms with Crippen LogP contribution in [0, 0.1) is 5.92 Å². The highest BCUT2D eigenvalue weighted by Gasteiger charge is 2.16. The van der Waals surface area contributed by atoms with Crippen molar-refractivity contribution in [3.63, 3.8) is 0 Å². The molecule has 0 saturated carbocycles. The molecule has 1 heterocycles. The maximum Gasteiger partial charge on any atom is 0.0573 e. The van der Waals surface area contributed by atoms with E-state index >= 15 is 0 Å². The van der Waals surface area contributed by atoms with Gasteiger partial charge in [-0.05, 0) is 37.4 Å². The average Bonchev–Trinajstić information content (AvgIpc) is 2.40. The minimum atomic E-state index is 0.418. The van der Waals surface area contributed by atoms with Gasteiger partial charge in [0.1, 0.15) is 0 Å². The third-order valence-corrected chi connectivity index (χ3v) is 3.41. The lowest BCUT2D eigenvalue weighted by Crippen LogP contribution is -2.25. The van der Waals surface area contributed by atoms with Crippen LogP contribution in [0.15, 0.2) is 24.4 Å². The Balaban J connectivity index is 2.66. The van der Waals surface area contributed by atoms with Crippen LogP contribution < -0.4 is 5.32 Å². The van der Waals surface area contributed by atoms with Crippen molar-refractivity contribution in [3.8, 4) is 0 Å². The lowest BCUT2D eigenvalue weighted by Gasteiger charge is -2.22. The van der Waals surface area contributed by atoms with E-state index in [-0.39, 0.29) is 0 Å². The summed E-state index contributed by atoms with van der Waals surface area (Å²) < 4.78 is 0. The molecule has 0 aliphatic rings. The summed E-state index contributed by atoms with van der Waals surface area (Å²) >= 11 is 0. The van der Waals surface area contributed by atoms with E-state index in [4.69, 9.17) is 0 Å². The summed E-state index contributed by atoms with van der Waals surface area (Å²) in [7, 11) is 0. The average molecular weight is 234 g/mol. The minimum Gasteiger partial charge on any atom is -0.309 e. The van der Waals surface area contributed by atoms with Crippen LogP contribution in [0.1, 0.15) is 58.2 Å². The summed E-state index contributed by atoms with van der Waals surface area (Å²) in [5.41, 5.74) is 1.19. The number of rotatable bonds is 8. The summed E-state index contributed by atoms with van der Waals surface area (Å²) in [5, 5.41) is 3.62. The van der Waals surface area contributed by atoms with Crippen LogP contribution in [0.4, 0.5) is 0 Å². The van der Waals surface area contributed by atoms with Crippen LogP contribution in [0.5, 0.6) is 0 Å². The maximum atomic E-state index is 4.49. The lowest BCUT2D eigenvalue weighted by molar-refractivity contribution is 0.366. The molecule has 1 N–H and O–H groups in total. The molecule has 0 aromatic carbocycles. The van der Waals surface area contributed by atoms with E-state index in [1.165, 1.54) is 31.4 Å². The van der Waals surface area contributed by atoms with Gasteiger partial charge in [-0.25, -0.2) is 0 Å². The molecule has 0 aliphatic heterocycles. The van der Waals surface area contributed by atoms with Gasteiger partial charge in [0.2, 0.25) is 0 Å². The third-order valence-electron chi connectivity index (χ3n) is 3.41. The molecular weight excluding hydrogens is 208 g/mol. The first-order valence-corrected chi connectivity index (χ1v) is 6.96. The SMILES string of the molecule is CCCNC(CC(CC)CC)c1ccccn1. The summed E-state index contributed by atoms with van der Waals surface area (Å²) in [6.45, 7) is 7.84. The zero-order valence-electron chi connectivity index (χ0n) is 11.4. The van der Waals surface area contributed by atoms with Crippen molar-refractivity contribution in [1.82, 2.24) is 10.3 Å². The Labute approximate surface area is 106 Å². The van der Waals surface area contributed by atoms with Crippen LogP contribution in [-0.2, 0) is 0 Å². The number of nitrogens with zero attached hydrogens (tertiary/aromatic N) is 1. The van der Waals surface area contributed by atoms with E-state index in [0.717, 1.165) is 12.5 Å². The van der Waals surface area contributed by atoms with Crippen molar-refractivity contribution in [2.45, 2.75) is 52.5 Å². The maximum absolute atomic E-state index is 4.49.